The lowest BCUT2D eigenvalue weighted by Gasteiger charge is -2.19. The highest BCUT2D eigenvalue weighted by Gasteiger charge is 2.19. The molecular formula is C12H20N2O3S. The van der Waals surface area contributed by atoms with E-state index >= 15 is 0 Å². The summed E-state index contributed by atoms with van der Waals surface area (Å²) in [5, 5.41) is 9.11. The molecule has 0 fully saturated rings. The summed E-state index contributed by atoms with van der Waals surface area (Å²) in [6.45, 7) is 3.55. The quantitative estimate of drug-likeness (QED) is 0.760. The van der Waals surface area contributed by atoms with Crippen LogP contribution < -0.4 is 4.72 Å². The molecule has 5 nitrogen and oxygen atoms in total. The third-order valence-corrected chi connectivity index (χ3v) is 4.14. The van der Waals surface area contributed by atoms with Gasteiger partial charge in [-0.15, -0.1) is 0 Å². The van der Waals surface area contributed by atoms with Crippen LogP contribution in [0.5, 0.6) is 0 Å². The Hall–Kier alpha value is -0.980. The average molecular weight is 272 g/mol. The number of aromatic nitrogens is 1. The number of pyridine rings is 1. The van der Waals surface area contributed by atoms with Gasteiger partial charge in [-0.2, -0.15) is 0 Å². The molecule has 0 radical (unpaired) electrons. The highest BCUT2D eigenvalue weighted by atomic mass is 32.2. The lowest BCUT2D eigenvalue weighted by Crippen LogP contribution is -2.42. The molecule has 6 heteroatoms. The minimum atomic E-state index is -3.37. The zero-order valence-electron chi connectivity index (χ0n) is 10.7. The predicted octanol–water partition coefficient (Wildman–Crippen LogP) is 0.560. The Morgan fingerprint density at radius 3 is 2.44 bits per heavy atom. The van der Waals surface area contributed by atoms with Gasteiger partial charge in [0.1, 0.15) is 0 Å². The molecule has 0 bridgehead atoms. The minimum absolute atomic E-state index is 0.0141. The Balaban J connectivity index is 2.55. The molecule has 0 aliphatic rings. The largest absolute Gasteiger partial charge is 0.395 e. The molecule has 1 atom stereocenters. The summed E-state index contributed by atoms with van der Waals surface area (Å²) in [4.78, 5) is 3.88. The number of rotatable bonds is 7. The molecule has 1 aromatic heterocycles. The number of sulfonamides is 1. The number of nitrogens with one attached hydrogen (secondary N) is 1. The van der Waals surface area contributed by atoms with Gasteiger partial charge >= 0.3 is 0 Å². The van der Waals surface area contributed by atoms with Gasteiger partial charge in [0.05, 0.1) is 12.4 Å². The molecule has 0 saturated heterocycles. The molecule has 2 N–H and O–H groups in total. The summed E-state index contributed by atoms with van der Waals surface area (Å²) >= 11 is 0. The van der Waals surface area contributed by atoms with Crippen molar-refractivity contribution in [2.24, 2.45) is 5.92 Å². The normalized spacial score (nSPS) is 13.8. The smallest absolute Gasteiger partial charge is 0.212 e. The van der Waals surface area contributed by atoms with Gasteiger partial charge in [0.2, 0.25) is 10.0 Å². The number of hydrogen-bond donors (Lipinski definition) is 2. The second kappa shape index (κ2) is 6.82. The Morgan fingerprint density at radius 1 is 1.33 bits per heavy atom. The fourth-order valence-electron chi connectivity index (χ4n) is 1.48. The van der Waals surface area contributed by atoms with E-state index in [9.17, 15) is 8.42 Å². The van der Waals surface area contributed by atoms with Gasteiger partial charge in [0.15, 0.2) is 0 Å². The van der Waals surface area contributed by atoms with Crippen LogP contribution in [0.2, 0.25) is 0 Å². The van der Waals surface area contributed by atoms with Gasteiger partial charge < -0.3 is 5.11 Å². The minimum Gasteiger partial charge on any atom is -0.395 e. The molecule has 102 valence electrons. The van der Waals surface area contributed by atoms with Crippen LogP contribution in [0.4, 0.5) is 0 Å². The zero-order valence-corrected chi connectivity index (χ0v) is 11.5. The molecule has 1 rings (SSSR count). The van der Waals surface area contributed by atoms with Crippen molar-refractivity contribution in [2.75, 3.05) is 12.4 Å². The van der Waals surface area contributed by atoms with E-state index in [2.05, 4.69) is 9.71 Å². The standard InChI is InChI=1S/C12H20N2O3S/c1-10(2)12(9-15)14-18(16,17)8-5-11-3-6-13-7-4-11/h3-4,6-7,10,12,14-15H,5,8-9H2,1-2H3/t12-/m1/s1. The first-order valence-corrected chi connectivity index (χ1v) is 7.59. The summed E-state index contributed by atoms with van der Waals surface area (Å²) in [5.74, 6) is 0.0750. The van der Waals surface area contributed by atoms with Gasteiger partial charge in [-0.1, -0.05) is 13.8 Å². The molecule has 0 aromatic carbocycles. The van der Waals surface area contributed by atoms with Gasteiger partial charge in [-0.25, -0.2) is 13.1 Å². The molecule has 0 aliphatic carbocycles. The highest BCUT2D eigenvalue weighted by Crippen LogP contribution is 2.05. The van der Waals surface area contributed by atoms with Crippen molar-refractivity contribution in [2.45, 2.75) is 26.3 Å². The number of aliphatic hydroxyl groups is 1. The molecule has 0 spiro atoms. The van der Waals surface area contributed by atoms with Crippen LogP contribution in [0, 0.1) is 5.92 Å². The summed E-state index contributed by atoms with van der Waals surface area (Å²) in [7, 11) is -3.37. The van der Waals surface area contributed by atoms with E-state index in [-0.39, 0.29) is 18.3 Å². The first kappa shape index (κ1) is 15.1. The first-order chi connectivity index (χ1) is 8.44. The van der Waals surface area contributed by atoms with Crippen molar-refractivity contribution >= 4 is 10.0 Å². The van der Waals surface area contributed by atoms with E-state index in [0.29, 0.717) is 6.42 Å². The molecular weight excluding hydrogens is 252 g/mol. The van der Waals surface area contributed by atoms with Gasteiger partial charge in [0, 0.05) is 18.4 Å². The summed E-state index contributed by atoms with van der Waals surface area (Å²) < 4.78 is 26.2. The van der Waals surface area contributed by atoms with E-state index in [0.717, 1.165) is 5.56 Å². The van der Waals surface area contributed by atoms with Crippen LogP contribution in [0.15, 0.2) is 24.5 Å². The van der Waals surface area contributed by atoms with Crippen LogP contribution >= 0.6 is 0 Å². The topological polar surface area (TPSA) is 79.3 Å². The SMILES string of the molecule is CC(C)[C@@H](CO)NS(=O)(=O)CCc1ccncc1. The van der Waals surface area contributed by atoms with E-state index < -0.39 is 16.1 Å². The Bertz CT molecular complexity index is 446. The Kier molecular flexibility index (Phi) is 5.71. The monoisotopic (exact) mass is 272 g/mol. The van der Waals surface area contributed by atoms with Crippen molar-refractivity contribution in [1.29, 1.82) is 0 Å². The molecule has 1 heterocycles. The average Bonchev–Trinajstić information content (AvgIpc) is 2.35. The number of aliphatic hydroxyl groups excluding tert-OH is 1. The van der Waals surface area contributed by atoms with Crippen LogP contribution in [-0.4, -0.2) is 36.9 Å². The maximum Gasteiger partial charge on any atom is 0.212 e. The van der Waals surface area contributed by atoms with Crippen molar-refractivity contribution in [3.05, 3.63) is 30.1 Å². The fraction of sp³-hybridized carbons (Fsp3) is 0.583. The molecule has 0 unspecified atom stereocenters. The molecule has 18 heavy (non-hydrogen) atoms. The van der Waals surface area contributed by atoms with E-state index in [1.807, 2.05) is 13.8 Å². The van der Waals surface area contributed by atoms with E-state index in [1.165, 1.54) is 0 Å². The summed E-state index contributed by atoms with van der Waals surface area (Å²) in [5.41, 5.74) is 0.931. The Labute approximate surface area is 108 Å². The lowest BCUT2D eigenvalue weighted by molar-refractivity contribution is 0.227. The third-order valence-electron chi connectivity index (χ3n) is 2.74. The number of hydrogen-bond acceptors (Lipinski definition) is 4. The van der Waals surface area contributed by atoms with Crippen molar-refractivity contribution in [3.63, 3.8) is 0 Å². The van der Waals surface area contributed by atoms with Crippen LogP contribution in [0.1, 0.15) is 19.4 Å². The van der Waals surface area contributed by atoms with Crippen molar-refractivity contribution in [1.82, 2.24) is 9.71 Å². The molecule has 0 aliphatic heterocycles. The van der Waals surface area contributed by atoms with Gasteiger partial charge in [-0.3, -0.25) is 4.98 Å². The van der Waals surface area contributed by atoms with Gasteiger partial charge in [-0.05, 0) is 30.0 Å². The first-order valence-electron chi connectivity index (χ1n) is 5.94. The maximum atomic E-state index is 11.8. The number of aryl methyl sites for hydroxylation is 1. The molecule has 0 amide bonds. The number of nitrogens with zero attached hydrogens (tertiary/aromatic N) is 1. The summed E-state index contributed by atoms with van der Waals surface area (Å²) in [6, 6.07) is 3.16. The highest BCUT2D eigenvalue weighted by molar-refractivity contribution is 7.89. The summed E-state index contributed by atoms with van der Waals surface area (Å²) in [6.07, 6.45) is 3.72. The zero-order chi connectivity index (χ0) is 13.6. The van der Waals surface area contributed by atoms with Crippen molar-refractivity contribution < 1.29 is 13.5 Å². The van der Waals surface area contributed by atoms with Crippen LogP contribution in [-0.2, 0) is 16.4 Å². The molecule has 0 saturated carbocycles. The van der Waals surface area contributed by atoms with Crippen LogP contribution in [0.3, 0.4) is 0 Å². The van der Waals surface area contributed by atoms with E-state index in [4.69, 9.17) is 5.11 Å². The molecule has 1 aromatic rings. The maximum absolute atomic E-state index is 11.8. The Morgan fingerprint density at radius 2 is 1.94 bits per heavy atom. The van der Waals surface area contributed by atoms with E-state index in [1.54, 1.807) is 24.5 Å². The predicted molar refractivity (Wildman–Crippen MR) is 70.6 cm³/mol. The lowest BCUT2D eigenvalue weighted by atomic mass is 10.1. The second-order valence-electron chi connectivity index (χ2n) is 4.58. The van der Waals surface area contributed by atoms with Crippen LogP contribution in [0.25, 0.3) is 0 Å². The second-order valence-corrected chi connectivity index (χ2v) is 6.45. The van der Waals surface area contributed by atoms with Crippen molar-refractivity contribution in [3.8, 4) is 0 Å². The fourth-order valence-corrected chi connectivity index (χ4v) is 2.91. The third kappa shape index (κ3) is 5.12. The van der Waals surface area contributed by atoms with Gasteiger partial charge in [0.25, 0.3) is 0 Å².